The largest absolute Gasteiger partial charge is 0.453 e. The molecule has 0 aliphatic carbocycles. The van der Waals surface area contributed by atoms with Gasteiger partial charge in [-0.05, 0) is 61.6 Å². The van der Waals surface area contributed by atoms with Crippen LogP contribution in [0.1, 0.15) is 43.2 Å². The molecule has 0 saturated carbocycles. The number of methoxy groups -OCH3 is 1. The Labute approximate surface area is 247 Å². The van der Waals surface area contributed by atoms with E-state index in [1.54, 1.807) is 0 Å². The first-order valence-corrected chi connectivity index (χ1v) is 15.2. The SMILES string of the molecule is COC(=O)NC(C(=O)NC(C)CCCC(CO)N(C)S(=O)(=O)c1ccc(N)cc1)C(c1ccccc1)c1ccccc1. The first-order valence-electron chi connectivity index (χ1n) is 13.8. The van der Waals surface area contributed by atoms with Gasteiger partial charge in [-0.1, -0.05) is 60.7 Å². The van der Waals surface area contributed by atoms with Gasteiger partial charge in [0, 0.05) is 30.7 Å². The van der Waals surface area contributed by atoms with E-state index < -0.39 is 34.1 Å². The number of anilines is 1. The van der Waals surface area contributed by atoms with Crippen LogP contribution in [0.15, 0.2) is 89.8 Å². The van der Waals surface area contributed by atoms with Gasteiger partial charge >= 0.3 is 6.09 Å². The van der Waals surface area contributed by atoms with E-state index in [2.05, 4.69) is 10.6 Å². The van der Waals surface area contributed by atoms with Gasteiger partial charge in [-0.3, -0.25) is 4.79 Å². The molecule has 0 bridgehead atoms. The van der Waals surface area contributed by atoms with Gasteiger partial charge in [0.1, 0.15) is 6.04 Å². The molecule has 0 fully saturated rings. The number of rotatable bonds is 14. The van der Waals surface area contributed by atoms with E-state index in [1.807, 2.05) is 67.6 Å². The maximum atomic E-state index is 13.6. The third-order valence-electron chi connectivity index (χ3n) is 7.24. The Hall–Kier alpha value is -3.93. The van der Waals surface area contributed by atoms with Crippen LogP contribution in [0.25, 0.3) is 0 Å². The van der Waals surface area contributed by atoms with Crippen molar-refractivity contribution in [2.24, 2.45) is 0 Å². The predicted octanol–water partition coefficient (Wildman–Crippen LogP) is 3.48. The third kappa shape index (κ3) is 8.54. The number of nitrogens with one attached hydrogen (secondary N) is 2. The molecule has 3 unspecified atom stereocenters. The minimum absolute atomic E-state index is 0.0915. The second kappa shape index (κ2) is 15.3. The standard InChI is InChI=1S/C31H40N4O6S/c1-22(11-10-16-26(21-36)35(2)42(39,40)27-19-17-25(32)18-20-27)33-30(37)29(34-31(38)41-3)28(23-12-6-4-7-13-23)24-14-8-5-9-15-24/h4-9,12-15,17-20,22,26,28-29,36H,10-11,16,21,32H2,1-3H3,(H,33,37)(H,34,38). The van der Waals surface area contributed by atoms with Crippen LogP contribution in [0, 0.1) is 0 Å². The van der Waals surface area contributed by atoms with Gasteiger partial charge in [-0.15, -0.1) is 0 Å². The van der Waals surface area contributed by atoms with Crippen LogP contribution in [-0.4, -0.2) is 68.7 Å². The number of aliphatic hydroxyl groups is 1. The van der Waals surface area contributed by atoms with Crippen molar-refractivity contribution in [3.8, 4) is 0 Å². The average Bonchev–Trinajstić information content (AvgIpc) is 2.99. The van der Waals surface area contributed by atoms with Crippen molar-refractivity contribution < 1.29 is 27.9 Å². The van der Waals surface area contributed by atoms with Crippen molar-refractivity contribution in [1.29, 1.82) is 0 Å². The number of carbonyl (C=O) groups excluding carboxylic acids is 2. The monoisotopic (exact) mass is 596 g/mol. The number of nitrogen functional groups attached to an aromatic ring is 1. The molecule has 42 heavy (non-hydrogen) atoms. The van der Waals surface area contributed by atoms with E-state index in [1.165, 1.54) is 42.7 Å². The summed E-state index contributed by atoms with van der Waals surface area (Å²) in [5.74, 6) is -0.864. The van der Waals surface area contributed by atoms with Crippen molar-refractivity contribution >= 4 is 27.7 Å². The molecule has 11 heteroatoms. The molecule has 226 valence electrons. The average molecular weight is 597 g/mol. The summed E-state index contributed by atoms with van der Waals surface area (Å²) in [6.07, 6.45) is 0.701. The number of carbonyl (C=O) groups is 2. The lowest BCUT2D eigenvalue weighted by atomic mass is 9.84. The van der Waals surface area contributed by atoms with Crippen LogP contribution in [0.5, 0.6) is 0 Å². The van der Waals surface area contributed by atoms with Crippen LogP contribution in [-0.2, 0) is 19.6 Å². The number of nitrogens with zero attached hydrogens (tertiary/aromatic N) is 1. The Balaban J connectivity index is 1.69. The number of benzene rings is 3. The van der Waals surface area contributed by atoms with Crippen molar-refractivity contribution in [3.05, 3.63) is 96.1 Å². The summed E-state index contributed by atoms with van der Waals surface area (Å²) < 4.78 is 32.1. The summed E-state index contributed by atoms with van der Waals surface area (Å²) in [6, 6.07) is 22.9. The molecular formula is C31H40N4O6S. The van der Waals surface area contributed by atoms with E-state index in [9.17, 15) is 23.1 Å². The second-order valence-electron chi connectivity index (χ2n) is 10.2. The molecule has 10 nitrogen and oxygen atoms in total. The number of hydrogen-bond donors (Lipinski definition) is 4. The fourth-order valence-electron chi connectivity index (χ4n) is 4.84. The smallest absolute Gasteiger partial charge is 0.407 e. The molecule has 0 aliphatic heterocycles. The van der Waals surface area contributed by atoms with Crippen LogP contribution in [0.2, 0.25) is 0 Å². The summed E-state index contributed by atoms with van der Waals surface area (Å²) in [6.45, 7) is 1.49. The Kier molecular flexibility index (Phi) is 11.9. The Morgan fingerprint density at radius 2 is 1.45 bits per heavy atom. The van der Waals surface area contributed by atoms with Crippen molar-refractivity contribution in [2.75, 3.05) is 26.5 Å². The summed E-state index contributed by atoms with van der Waals surface area (Å²) in [5, 5.41) is 15.7. The maximum absolute atomic E-state index is 13.6. The zero-order chi connectivity index (χ0) is 30.7. The molecular weight excluding hydrogens is 556 g/mol. The molecule has 0 radical (unpaired) electrons. The Morgan fingerprint density at radius 1 is 0.905 bits per heavy atom. The quantitative estimate of drug-likeness (QED) is 0.208. The van der Waals surface area contributed by atoms with Crippen LogP contribution in [0.3, 0.4) is 0 Å². The molecule has 0 heterocycles. The molecule has 3 aromatic carbocycles. The van der Waals surface area contributed by atoms with Crippen LogP contribution >= 0.6 is 0 Å². The van der Waals surface area contributed by atoms with E-state index in [-0.39, 0.29) is 23.5 Å². The lowest BCUT2D eigenvalue weighted by Crippen LogP contribution is -2.52. The first kappa shape index (κ1) is 32.6. The van der Waals surface area contributed by atoms with Crippen molar-refractivity contribution in [3.63, 3.8) is 0 Å². The highest BCUT2D eigenvalue weighted by Crippen LogP contribution is 2.29. The Morgan fingerprint density at radius 3 is 1.95 bits per heavy atom. The van der Waals surface area contributed by atoms with E-state index >= 15 is 0 Å². The zero-order valence-corrected chi connectivity index (χ0v) is 25.0. The van der Waals surface area contributed by atoms with Gasteiger partial charge in [0.25, 0.3) is 0 Å². The second-order valence-corrected chi connectivity index (χ2v) is 12.2. The van der Waals surface area contributed by atoms with Crippen LogP contribution in [0.4, 0.5) is 10.5 Å². The highest BCUT2D eigenvalue weighted by atomic mass is 32.2. The van der Waals surface area contributed by atoms with Gasteiger partial charge < -0.3 is 26.2 Å². The number of sulfonamides is 1. The van der Waals surface area contributed by atoms with E-state index in [4.69, 9.17) is 10.5 Å². The minimum atomic E-state index is -3.83. The number of amides is 2. The van der Waals surface area contributed by atoms with Gasteiger partial charge in [0.2, 0.25) is 15.9 Å². The fraction of sp³-hybridized carbons (Fsp3) is 0.355. The highest BCUT2D eigenvalue weighted by molar-refractivity contribution is 7.89. The molecule has 0 spiro atoms. The molecule has 3 rings (SSSR count). The normalized spacial score (nSPS) is 13.8. The predicted molar refractivity (Wildman–Crippen MR) is 162 cm³/mol. The number of alkyl carbamates (subject to hydrolysis) is 1. The Bertz CT molecular complexity index is 1350. The molecule has 2 amide bonds. The highest BCUT2D eigenvalue weighted by Gasteiger charge is 2.33. The molecule has 0 saturated heterocycles. The maximum Gasteiger partial charge on any atom is 0.407 e. The number of aliphatic hydroxyl groups excluding tert-OH is 1. The fourth-order valence-corrected chi connectivity index (χ4v) is 6.22. The number of ether oxygens (including phenoxy) is 1. The van der Waals surface area contributed by atoms with Crippen molar-refractivity contribution in [1.82, 2.24) is 14.9 Å². The van der Waals surface area contributed by atoms with E-state index in [0.717, 1.165) is 11.1 Å². The lowest BCUT2D eigenvalue weighted by Gasteiger charge is -2.29. The topological polar surface area (TPSA) is 151 Å². The molecule has 3 atom stereocenters. The molecule has 0 aromatic heterocycles. The van der Waals surface area contributed by atoms with Crippen molar-refractivity contribution in [2.45, 2.75) is 55.1 Å². The van der Waals surface area contributed by atoms with Gasteiger partial charge in [0.05, 0.1) is 18.6 Å². The summed E-state index contributed by atoms with van der Waals surface area (Å²) >= 11 is 0. The zero-order valence-electron chi connectivity index (χ0n) is 24.1. The lowest BCUT2D eigenvalue weighted by molar-refractivity contribution is -0.124. The number of nitrogens with two attached hydrogens (primary N) is 1. The molecule has 5 N–H and O–H groups in total. The third-order valence-corrected chi connectivity index (χ3v) is 9.16. The van der Waals surface area contributed by atoms with Gasteiger partial charge in [-0.2, -0.15) is 4.31 Å². The summed E-state index contributed by atoms with van der Waals surface area (Å²) in [4.78, 5) is 26.1. The molecule has 0 aliphatic rings. The first-order chi connectivity index (χ1) is 20.1. The van der Waals surface area contributed by atoms with Crippen LogP contribution < -0.4 is 16.4 Å². The van der Waals surface area contributed by atoms with E-state index in [0.29, 0.717) is 24.9 Å². The summed E-state index contributed by atoms with van der Waals surface area (Å²) in [5.41, 5.74) is 7.84. The van der Waals surface area contributed by atoms with Gasteiger partial charge in [-0.25, -0.2) is 13.2 Å². The number of hydrogen-bond acceptors (Lipinski definition) is 7. The number of likely N-dealkylation sites (N-methyl/N-ethyl adjacent to an activating group) is 1. The minimum Gasteiger partial charge on any atom is -0.453 e. The van der Waals surface area contributed by atoms with Gasteiger partial charge in [0.15, 0.2) is 0 Å². The molecule has 3 aromatic rings. The summed E-state index contributed by atoms with van der Waals surface area (Å²) in [7, 11) is -1.14.